The highest BCUT2D eigenvalue weighted by atomic mass is 35.5. The molecule has 0 saturated carbocycles. The van der Waals surface area contributed by atoms with E-state index in [0.29, 0.717) is 12.0 Å². The van der Waals surface area contributed by atoms with Gasteiger partial charge in [0.1, 0.15) is 11.4 Å². The summed E-state index contributed by atoms with van der Waals surface area (Å²) in [6.07, 6.45) is -3.18. The standard InChI is InChI=1S/C18H22F4N4O2.ClH/c1-3-10-8-23-5-4-12(10)9(2)24-14-7-11(16-25-26-17(27)28-16)6-13(19)15(14)18(20,21)22;/h6-7,9-10,12,23-24H,3-5,8H2,1-2H3,(H,26,27);1H/t9-,10-,12-;/m0./s1. The molecule has 1 aliphatic rings. The Bertz CT molecular complexity index is 883. The summed E-state index contributed by atoms with van der Waals surface area (Å²) in [5.74, 6) is -2.16. The summed E-state index contributed by atoms with van der Waals surface area (Å²) in [4.78, 5) is 11.1. The van der Waals surface area contributed by atoms with E-state index in [1.54, 1.807) is 6.92 Å². The van der Waals surface area contributed by atoms with E-state index in [1.807, 2.05) is 12.0 Å². The SMILES string of the molecule is CC[C@H]1CNCC[C@H]1[C@H](C)Nc1cc(-c2n[nH]c(=O)o2)cc(F)c1C(F)(F)F.Cl. The lowest BCUT2D eigenvalue weighted by Gasteiger charge is -2.37. The van der Waals surface area contributed by atoms with Gasteiger partial charge in [-0.2, -0.15) is 13.2 Å². The Balaban J connectivity index is 0.00000300. The summed E-state index contributed by atoms with van der Waals surface area (Å²) < 4.78 is 59.7. The topological polar surface area (TPSA) is 83.0 Å². The lowest BCUT2D eigenvalue weighted by molar-refractivity contribution is -0.139. The molecule has 11 heteroatoms. The van der Waals surface area contributed by atoms with Crippen LogP contribution in [0.2, 0.25) is 0 Å². The van der Waals surface area contributed by atoms with E-state index in [1.165, 1.54) is 0 Å². The van der Waals surface area contributed by atoms with Crippen LogP contribution in [0.25, 0.3) is 11.5 Å². The molecule has 0 amide bonds. The van der Waals surface area contributed by atoms with Crippen LogP contribution in [0.1, 0.15) is 32.3 Å². The summed E-state index contributed by atoms with van der Waals surface area (Å²) in [6, 6.07) is 1.47. The van der Waals surface area contributed by atoms with Gasteiger partial charge in [-0.15, -0.1) is 17.5 Å². The molecule has 1 aliphatic heterocycles. The Kier molecular flexibility index (Phi) is 7.34. The molecular weight excluding hydrogens is 416 g/mol. The largest absolute Gasteiger partial charge is 0.434 e. The molecule has 1 aromatic carbocycles. The summed E-state index contributed by atoms with van der Waals surface area (Å²) in [5.41, 5.74) is -1.83. The molecular formula is C18H23ClF4N4O2. The van der Waals surface area contributed by atoms with E-state index in [9.17, 15) is 22.4 Å². The summed E-state index contributed by atoms with van der Waals surface area (Å²) >= 11 is 0. The Morgan fingerprint density at radius 1 is 1.38 bits per heavy atom. The average molecular weight is 439 g/mol. The smallest absolute Gasteiger partial charge is 0.388 e. The number of anilines is 1. The fourth-order valence-electron chi connectivity index (χ4n) is 3.89. The number of halogens is 5. The van der Waals surface area contributed by atoms with E-state index >= 15 is 0 Å². The molecule has 6 nitrogen and oxygen atoms in total. The first-order chi connectivity index (χ1) is 13.2. The predicted octanol–water partition coefficient (Wildman–Crippen LogP) is 4.05. The second-order valence-corrected chi connectivity index (χ2v) is 7.05. The van der Waals surface area contributed by atoms with E-state index < -0.39 is 29.0 Å². The number of alkyl halides is 3. The van der Waals surface area contributed by atoms with Crippen molar-refractivity contribution in [1.29, 1.82) is 0 Å². The summed E-state index contributed by atoms with van der Waals surface area (Å²) in [6.45, 7) is 5.43. The van der Waals surface area contributed by atoms with Crippen LogP contribution >= 0.6 is 12.4 Å². The van der Waals surface area contributed by atoms with Crippen molar-refractivity contribution < 1.29 is 22.0 Å². The van der Waals surface area contributed by atoms with Gasteiger partial charge in [-0.1, -0.05) is 13.3 Å². The molecule has 1 saturated heterocycles. The lowest BCUT2D eigenvalue weighted by Crippen LogP contribution is -2.43. The molecule has 2 heterocycles. The minimum absolute atomic E-state index is 0. The highest BCUT2D eigenvalue weighted by Gasteiger charge is 2.39. The quantitative estimate of drug-likeness (QED) is 0.613. The number of benzene rings is 1. The van der Waals surface area contributed by atoms with Gasteiger partial charge in [0.15, 0.2) is 0 Å². The molecule has 1 aromatic heterocycles. The zero-order chi connectivity index (χ0) is 20.5. The number of hydrogen-bond acceptors (Lipinski definition) is 5. The summed E-state index contributed by atoms with van der Waals surface area (Å²) in [7, 11) is 0. The van der Waals surface area contributed by atoms with Crippen LogP contribution in [0.3, 0.4) is 0 Å². The van der Waals surface area contributed by atoms with Crippen molar-refractivity contribution >= 4 is 18.1 Å². The Labute approximate surface area is 170 Å². The zero-order valence-electron chi connectivity index (χ0n) is 15.9. The highest BCUT2D eigenvalue weighted by Crippen LogP contribution is 2.40. The van der Waals surface area contributed by atoms with E-state index in [0.717, 1.165) is 32.0 Å². The maximum atomic E-state index is 14.4. The van der Waals surface area contributed by atoms with Gasteiger partial charge in [-0.3, -0.25) is 0 Å². The molecule has 3 atom stereocenters. The van der Waals surface area contributed by atoms with Crippen LogP contribution < -0.4 is 16.4 Å². The van der Waals surface area contributed by atoms with E-state index in [2.05, 4.69) is 15.7 Å². The van der Waals surface area contributed by atoms with Crippen molar-refractivity contribution in [3.05, 3.63) is 34.1 Å². The van der Waals surface area contributed by atoms with Gasteiger partial charge < -0.3 is 15.1 Å². The molecule has 162 valence electrons. The molecule has 0 unspecified atom stereocenters. The van der Waals surface area contributed by atoms with E-state index in [4.69, 9.17) is 4.42 Å². The number of aromatic nitrogens is 2. The number of nitrogens with one attached hydrogen (secondary N) is 3. The van der Waals surface area contributed by atoms with Gasteiger partial charge in [-0.05, 0) is 50.4 Å². The van der Waals surface area contributed by atoms with Crippen LogP contribution in [0.5, 0.6) is 0 Å². The van der Waals surface area contributed by atoms with Crippen molar-refractivity contribution in [3.8, 4) is 11.5 Å². The van der Waals surface area contributed by atoms with E-state index in [-0.39, 0.29) is 35.8 Å². The van der Waals surface area contributed by atoms with Crippen LogP contribution in [-0.2, 0) is 6.18 Å². The molecule has 0 aliphatic carbocycles. The van der Waals surface area contributed by atoms with Gasteiger partial charge in [-0.25, -0.2) is 14.3 Å². The number of aromatic amines is 1. The van der Waals surface area contributed by atoms with Crippen LogP contribution in [0.4, 0.5) is 23.2 Å². The first-order valence-electron chi connectivity index (χ1n) is 9.14. The number of hydrogen-bond donors (Lipinski definition) is 3. The molecule has 3 rings (SSSR count). The monoisotopic (exact) mass is 438 g/mol. The fourth-order valence-corrected chi connectivity index (χ4v) is 3.89. The molecule has 3 N–H and O–H groups in total. The first kappa shape index (κ1) is 23.2. The molecule has 1 fully saturated rings. The molecule has 2 aromatic rings. The van der Waals surface area contributed by atoms with Crippen molar-refractivity contribution in [2.75, 3.05) is 18.4 Å². The minimum Gasteiger partial charge on any atom is -0.388 e. The Hall–Kier alpha value is -2.07. The third-order valence-corrected chi connectivity index (χ3v) is 5.28. The number of nitrogens with zero attached hydrogens (tertiary/aromatic N) is 1. The van der Waals surface area contributed by atoms with Crippen LogP contribution in [0, 0.1) is 17.7 Å². The Morgan fingerprint density at radius 3 is 2.69 bits per heavy atom. The number of piperidine rings is 1. The third kappa shape index (κ3) is 5.11. The lowest BCUT2D eigenvalue weighted by atomic mass is 9.80. The molecule has 0 spiro atoms. The van der Waals surface area contributed by atoms with Gasteiger partial charge in [0.05, 0.1) is 5.69 Å². The van der Waals surface area contributed by atoms with Gasteiger partial charge >= 0.3 is 11.9 Å². The predicted molar refractivity (Wildman–Crippen MR) is 103 cm³/mol. The number of H-pyrrole nitrogens is 1. The van der Waals surface area contributed by atoms with Gasteiger partial charge in [0, 0.05) is 11.6 Å². The number of rotatable bonds is 5. The normalized spacial score (nSPS) is 20.8. The van der Waals surface area contributed by atoms with Crippen molar-refractivity contribution in [2.45, 2.75) is 38.9 Å². The van der Waals surface area contributed by atoms with Gasteiger partial charge in [0.2, 0.25) is 5.89 Å². The highest BCUT2D eigenvalue weighted by molar-refractivity contribution is 5.85. The fraction of sp³-hybridized carbons (Fsp3) is 0.556. The maximum absolute atomic E-state index is 14.4. The second kappa shape index (κ2) is 9.17. The van der Waals surface area contributed by atoms with Crippen molar-refractivity contribution in [3.63, 3.8) is 0 Å². The first-order valence-corrected chi connectivity index (χ1v) is 9.14. The zero-order valence-corrected chi connectivity index (χ0v) is 16.7. The Morgan fingerprint density at radius 2 is 2.10 bits per heavy atom. The van der Waals surface area contributed by atoms with Gasteiger partial charge in [0.25, 0.3) is 0 Å². The average Bonchev–Trinajstić information content (AvgIpc) is 3.06. The van der Waals surface area contributed by atoms with Crippen LogP contribution in [0.15, 0.2) is 21.3 Å². The summed E-state index contributed by atoms with van der Waals surface area (Å²) in [5, 5.41) is 11.7. The third-order valence-electron chi connectivity index (χ3n) is 5.28. The molecule has 0 bridgehead atoms. The van der Waals surface area contributed by atoms with Crippen molar-refractivity contribution in [2.24, 2.45) is 11.8 Å². The molecule has 29 heavy (non-hydrogen) atoms. The van der Waals surface area contributed by atoms with Crippen molar-refractivity contribution in [1.82, 2.24) is 15.5 Å². The minimum atomic E-state index is -4.88. The molecule has 0 radical (unpaired) electrons. The second-order valence-electron chi connectivity index (χ2n) is 7.05. The van der Waals surface area contributed by atoms with Crippen LogP contribution in [-0.4, -0.2) is 29.3 Å². The maximum Gasteiger partial charge on any atom is 0.434 e.